The first-order chi connectivity index (χ1) is 13.5. The molecule has 0 aliphatic rings. The van der Waals surface area contributed by atoms with Gasteiger partial charge in [0, 0.05) is 12.1 Å². The number of anilines is 2. The molecule has 138 valence electrons. The lowest BCUT2D eigenvalue weighted by molar-refractivity contribution is 0.619. The van der Waals surface area contributed by atoms with E-state index in [9.17, 15) is 14.0 Å². The number of imidazole rings is 1. The lowest BCUT2D eigenvalue weighted by Crippen LogP contribution is -2.11. The Kier molecular flexibility index (Phi) is 4.25. The Morgan fingerprint density at radius 1 is 1.11 bits per heavy atom. The number of aromatic nitrogens is 5. The number of nitrogen functional groups attached to an aromatic ring is 1. The lowest BCUT2D eigenvalue weighted by Gasteiger charge is -2.11. The van der Waals surface area contributed by atoms with Crippen LogP contribution in [-0.4, -0.2) is 24.5 Å². The van der Waals surface area contributed by atoms with Gasteiger partial charge < -0.3 is 11.1 Å². The third kappa shape index (κ3) is 3.16. The molecule has 0 fully saturated rings. The number of hydrogen-bond donors (Lipinski definition) is 2. The minimum Gasteiger partial charge on any atom is -0.368 e. The third-order valence-electron chi connectivity index (χ3n) is 3.98. The summed E-state index contributed by atoms with van der Waals surface area (Å²) in [6, 6.07) is 7.36. The van der Waals surface area contributed by atoms with Gasteiger partial charge in [-0.05, 0) is 12.1 Å². The van der Waals surface area contributed by atoms with E-state index in [1.165, 1.54) is 36.7 Å². The molecule has 1 aromatic carbocycles. The molecule has 0 aliphatic heterocycles. The highest BCUT2D eigenvalue weighted by Gasteiger charge is 2.15. The summed E-state index contributed by atoms with van der Waals surface area (Å²) in [6.45, 7) is 0.109. The molecule has 28 heavy (non-hydrogen) atoms. The fourth-order valence-corrected chi connectivity index (χ4v) is 2.80. The molecule has 0 saturated carbocycles. The van der Waals surface area contributed by atoms with Crippen molar-refractivity contribution in [2.75, 3.05) is 11.1 Å². The Hall–Kier alpha value is -4.13. The van der Waals surface area contributed by atoms with Crippen LogP contribution in [0.4, 0.5) is 20.5 Å². The average molecular weight is 378 g/mol. The van der Waals surface area contributed by atoms with Gasteiger partial charge in [0.15, 0.2) is 0 Å². The number of fused-ring (bicyclic) bond motifs is 1. The standard InChI is InChI=1S/C18H12F2N8/c19-11-1-2-14-15(4-11)28(13-3-12(20)7-23-8-13)16(26-14)9-24-17-10(5-21)6-25-18(22)27-17/h1-4,6-8H,9H2,(H3,22,24,25,27). The van der Waals surface area contributed by atoms with Crippen LogP contribution in [0.5, 0.6) is 0 Å². The summed E-state index contributed by atoms with van der Waals surface area (Å²) in [5.41, 5.74) is 7.14. The van der Waals surface area contributed by atoms with E-state index in [0.29, 0.717) is 22.5 Å². The van der Waals surface area contributed by atoms with Crippen LogP contribution in [0, 0.1) is 23.0 Å². The molecule has 0 radical (unpaired) electrons. The maximum Gasteiger partial charge on any atom is 0.222 e. The van der Waals surface area contributed by atoms with Crippen LogP contribution in [0.15, 0.2) is 42.9 Å². The molecular weight excluding hydrogens is 366 g/mol. The van der Waals surface area contributed by atoms with Crippen LogP contribution < -0.4 is 11.1 Å². The van der Waals surface area contributed by atoms with Gasteiger partial charge in [-0.1, -0.05) is 0 Å². The van der Waals surface area contributed by atoms with Gasteiger partial charge in [-0.25, -0.2) is 18.7 Å². The molecule has 8 nitrogen and oxygen atoms in total. The highest BCUT2D eigenvalue weighted by atomic mass is 19.1. The fourth-order valence-electron chi connectivity index (χ4n) is 2.80. The van der Waals surface area contributed by atoms with Crippen molar-refractivity contribution < 1.29 is 8.78 Å². The second-order valence-corrected chi connectivity index (χ2v) is 5.81. The summed E-state index contributed by atoms with van der Waals surface area (Å²) < 4.78 is 29.1. The van der Waals surface area contributed by atoms with E-state index in [0.717, 1.165) is 6.20 Å². The fraction of sp³-hybridized carbons (Fsp3) is 0.0556. The van der Waals surface area contributed by atoms with Crippen LogP contribution in [0.25, 0.3) is 16.7 Å². The van der Waals surface area contributed by atoms with Gasteiger partial charge >= 0.3 is 0 Å². The van der Waals surface area contributed by atoms with Gasteiger partial charge in [0.2, 0.25) is 5.95 Å². The maximum atomic E-state index is 13.8. The Labute approximate surface area is 157 Å². The Morgan fingerprint density at radius 3 is 2.75 bits per heavy atom. The van der Waals surface area contributed by atoms with E-state index in [2.05, 4.69) is 25.3 Å². The predicted molar refractivity (Wildman–Crippen MR) is 97.3 cm³/mol. The summed E-state index contributed by atoms with van der Waals surface area (Å²) in [7, 11) is 0. The molecule has 10 heteroatoms. The predicted octanol–water partition coefficient (Wildman–Crippen LogP) is 2.55. The molecule has 0 spiro atoms. The Balaban J connectivity index is 1.80. The largest absolute Gasteiger partial charge is 0.368 e. The quantitative estimate of drug-likeness (QED) is 0.560. The maximum absolute atomic E-state index is 13.8. The first-order valence-corrected chi connectivity index (χ1v) is 8.09. The first-order valence-electron chi connectivity index (χ1n) is 8.09. The molecule has 3 N–H and O–H groups in total. The van der Waals surface area contributed by atoms with Crippen molar-refractivity contribution in [1.29, 1.82) is 5.26 Å². The van der Waals surface area contributed by atoms with Gasteiger partial charge in [0.1, 0.15) is 34.9 Å². The molecule has 3 heterocycles. The van der Waals surface area contributed by atoms with Crippen molar-refractivity contribution in [3.8, 4) is 11.8 Å². The second kappa shape index (κ2) is 6.88. The third-order valence-corrected chi connectivity index (χ3v) is 3.98. The molecule has 0 amide bonds. The zero-order chi connectivity index (χ0) is 19.7. The molecule has 3 aromatic heterocycles. The molecule has 0 aliphatic carbocycles. The van der Waals surface area contributed by atoms with Crippen molar-refractivity contribution in [3.63, 3.8) is 0 Å². The first kappa shape index (κ1) is 17.3. The summed E-state index contributed by atoms with van der Waals surface area (Å²) >= 11 is 0. The molecule has 4 aromatic rings. The summed E-state index contributed by atoms with van der Waals surface area (Å²) in [5, 5.41) is 12.2. The van der Waals surface area contributed by atoms with Crippen LogP contribution >= 0.6 is 0 Å². The van der Waals surface area contributed by atoms with Gasteiger partial charge in [-0.3, -0.25) is 9.55 Å². The highest BCUT2D eigenvalue weighted by molar-refractivity contribution is 5.78. The van der Waals surface area contributed by atoms with Gasteiger partial charge in [0.05, 0.1) is 41.9 Å². The van der Waals surface area contributed by atoms with Crippen LogP contribution in [0.3, 0.4) is 0 Å². The molecule has 0 atom stereocenters. The van der Waals surface area contributed by atoms with Crippen molar-refractivity contribution >= 4 is 22.8 Å². The highest BCUT2D eigenvalue weighted by Crippen LogP contribution is 2.23. The van der Waals surface area contributed by atoms with E-state index in [1.807, 2.05) is 6.07 Å². The van der Waals surface area contributed by atoms with Gasteiger partial charge in [0.25, 0.3) is 0 Å². The molecule has 0 bridgehead atoms. The number of pyridine rings is 1. The lowest BCUT2D eigenvalue weighted by atomic mass is 10.3. The van der Waals surface area contributed by atoms with Crippen molar-refractivity contribution in [2.24, 2.45) is 0 Å². The zero-order valence-corrected chi connectivity index (χ0v) is 14.3. The van der Waals surface area contributed by atoms with Crippen molar-refractivity contribution in [1.82, 2.24) is 24.5 Å². The topological polar surface area (TPSA) is 118 Å². The minimum atomic E-state index is -0.537. The summed E-state index contributed by atoms with van der Waals surface area (Å²) in [4.78, 5) is 16.1. The Bertz CT molecular complexity index is 1230. The van der Waals surface area contributed by atoms with Crippen molar-refractivity contribution in [3.05, 3.63) is 65.9 Å². The van der Waals surface area contributed by atoms with E-state index in [-0.39, 0.29) is 23.9 Å². The number of benzene rings is 1. The normalized spacial score (nSPS) is 10.8. The second-order valence-electron chi connectivity index (χ2n) is 5.81. The molecule has 0 unspecified atom stereocenters. The average Bonchev–Trinajstić information content (AvgIpc) is 3.04. The van der Waals surface area contributed by atoms with Crippen LogP contribution in [-0.2, 0) is 6.54 Å². The van der Waals surface area contributed by atoms with Crippen LogP contribution in [0.2, 0.25) is 0 Å². The summed E-state index contributed by atoms with van der Waals surface area (Å²) in [6.07, 6.45) is 3.82. The monoisotopic (exact) mass is 378 g/mol. The number of nitrogens with one attached hydrogen (secondary N) is 1. The van der Waals surface area contributed by atoms with Crippen molar-refractivity contribution in [2.45, 2.75) is 6.54 Å². The number of nitriles is 1. The molecular formula is C18H12F2N8. The van der Waals surface area contributed by atoms with Gasteiger partial charge in [-0.15, -0.1) is 0 Å². The molecule has 4 rings (SSSR count). The van der Waals surface area contributed by atoms with Crippen LogP contribution in [0.1, 0.15) is 11.4 Å². The number of hydrogen-bond acceptors (Lipinski definition) is 7. The zero-order valence-electron chi connectivity index (χ0n) is 14.3. The van der Waals surface area contributed by atoms with E-state index in [1.54, 1.807) is 4.57 Å². The number of nitrogens with zero attached hydrogens (tertiary/aromatic N) is 6. The number of rotatable bonds is 4. The van der Waals surface area contributed by atoms with E-state index >= 15 is 0 Å². The van der Waals surface area contributed by atoms with E-state index < -0.39 is 11.6 Å². The van der Waals surface area contributed by atoms with E-state index in [4.69, 9.17) is 5.73 Å². The van der Waals surface area contributed by atoms with Gasteiger partial charge in [-0.2, -0.15) is 10.2 Å². The molecule has 0 saturated heterocycles. The number of nitrogens with two attached hydrogens (primary N) is 1. The minimum absolute atomic E-state index is 0.00593. The Morgan fingerprint density at radius 2 is 1.96 bits per heavy atom. The summed E-state index contributed by atoms with van der Waals surface area (Å²) in [5.74, 6) is -0.310. The smallest absolute Gasteiger partial charge is 0.222 e. The number of halogens is 2. The SMILES string of the molecule is N#Cc1cnc(N)nc1NCc1nc2ccc(F)cc2n1-c1cncc(F)c1.